The zero-order valence-corrected chi connectivity index (χ0v) is 8.96. The number of hydrogen-bond donors (Lipinski definition) is 1. The first-order chi connectivity index (χ1) is 6.79. The fraction of sp³-hybridized carbons (Fsp3) is 0.545. The molecule has 14 heavy (non-hydrogen) atoms. The molecule has 0 unspecified atom stereocenters. The van der Waals surface area contributed by atoms with E-state index in [1.165, 1.54) is 0 Å². The predicted molar refractivity (Wildman–Crippen MR) is 59.4 cm³/mol. The molecule has 1 aromatic heterocycles. The van der Waals surface area contributed by atoms with E-state index >= 15 is 0 Å². The van der Waals surface area contributed by atoms with Gasteiger partial charge in [0.1, 0.15) is 0 Å². The lowest BCUT2D eigenvalue weighted by Crippen LogP contribution is -2.35. The number of aliphatic hydroxyl groups is 1. The van der Waals surface area contributed by atoms with Gasteiger partial charge in [0.15, 0.2) is 0 Å². The topological polar surface area (TPSA) is 33.1 Å². The summed E-state index contributed by atoms with van der Waals surface area (Å²) in [4.78, 5) is 4.25. The monoisotopic (exact) mass is 209 g/mol. The SMILES string of the molecule is OC1(Cc2ccccn2)CCSCC1. The largest absolute Gasteiger partial charge is 0.389 e. The summed E-state index contributed by atoms with van der Waals surface area (Å²) in [5.74, 6) is 2.15. The molecule has 1 aliphatic heterocycles. The van der Waals surface area contributed by atoms with Gasteiger partial charge in [-0.3, -0.25) is 4.98 Å². The van der Waals surface area contributed by atoms with Crippen molar-refractivity contribution in [2.45, 2.75) is 24.9 Å². The zero-order valence-electron chi connectivity index (χ0n) is 8.15. The summed E-state index contributed by atoms with van der Waals surface area (Å²) in [7, 11) is 0. The minimum Gasteiger partial charge on any atom is -0.389 e. The lowest BCUT2D eigenvalue weighted by molar-refractivity contribution is 0.0314. The molecular weight excluding hydrogens is 194 g/mol. The average Bonchev–Trinajstić information content (AvgIpc) is 2.19. The molecule has 0 aliphatic carbocycles. The van der Waals surface area contributed by atoms with Crippen LogP contribution in [0.2, 0.25) is 0 Å². The van der Waals surface area contributed by atoms with E-state index in [1.54, 1.807) is 6.20 Å². The van der Waals surface area contributed by atoms with Gasteiger partial charge in [-0.15, -0.1) is 0 Å². The Bertz CT molecular complexity index is 283. The van der Waals surface area contributed by atoms with Crippen molar-refractivity contribution in [3.63, 3.8) is 0 Å². The zero-order chi connectivity index (χ0) is 9.86. The van der Waals surface area contributed by atoms with Crippen LogP contribution in [0, 0.1) is 0 Å². The molecule has 0 bridgehead atoms. The molecule has 0 aromatic carbocycles. The van der Waals surface area contributed by atoms with Crippen molar-refractivity contribution in [1.82, 2.24) is 4.98 Å². The highest BCUT2D eigenvalue weighted by molar-refractivity contribution is 7.99. The van der Waals surface area contributed by atoms with E-state index in [0.29, 0.717) is 6.42 Å². The van der Waals surface area contributed by atoms with Crippen molar-refractivity contribution in [3.8, 4) is 0 Å². The Morgan fingerprint density at radius 3 is 2.79 bits per heavy atom. The Kier molecular flexibility index (Phi) is 3.08. The number of aromatic nitrogens is 1. The highest BCUT2D eigenvalue weighted by Gasteiger charge is 2.29. The van der Waals surface area contributed by atoms with Crippen LogP contribution in [0.1, 0.15) is 18.5 Å². The molecule has 0 spiro atoms. The van der Waals surface area contributed by atoms with E-state index in [2.05, 4.69) is 4.98 Å². The maximum absolute atomic E-state index is 10.3. The van der Waals surface area contributed by atoms with Gasteiger partial charge in [-0.1, -0.05) is 6.07 Å². The third-order valence-electron chi connectivity index (χ3n) is 2.66. The second-order valence-electron chi connectivity index (χ2n) is 3.83. The molecule has 1 N–H and O–H groups in total. The maximum Gasteiger partial charge on any atom is 0.0718 e. The molecule has 1 saturated heterocycles. The third-order valence-corrected chi connectivity index (χ3v) is 3.65. The third kappa shape index (κ3) is 2.49. The summed E-state index contributed by atoms with van der Waals surface area (Å²) in [5.41, 5.74) is 0.501. The molecule has 0 atom stereocenters. The van der Waals surface area contributed by atoms with Crippen LogP contribution in [0.25, 0.3) is 0 Å². The van der Waals surface area contributed by atoms with Crippen LogP contribution < -0.4 is 0 Å². The van der Waals surface area contributed by atoms with Gasteiger partial charge in [0, 0.05) is 18.3 Å². The van der Waals surface area contributed by atoms with Gasteiger partial charge in [0.2, 0.25) is 0 Å². The fourth-order valence-electron chi connectivity index (χ4n) is 1.77. The van der Waals surface area contributed by atoms with E-state index < -0.39 is 5.60 Å². The van der Waals surface area contributed by atoms with Crippen LogP contribution in [-0.4, -0.2) is 27.2 Å². The number of rotatable bonds is 2. The normalized spacial score (nSPS) is 20.6. The Hall–Kier alpha value is -0.540. The molecule has 1 fully saturated rings. The van der Waals surface area contributed by atoms with Gasteiger partial charge in [0.05, 0.1) is 5.60 Å². The molecule has 2 nitrogen and oxygen atoms in total. The predicted octanol–water partition coefficient (Wildman–Crippen LogP) is 1.88. The van der Waals surface area contributed by atoms with E-state index in [-0.39, 0.29) is 0 Å². The summed E-state index contributed by atoms with van der Waals surface area (Å²) in [5, 5.41) is 10.3. The van der Waals surface area contributed by atoms with Crippen LogP contribution >= 0.6 is 11.8 Å². The molecule has 76 valence electrons. The van der Waals surface area contributed by atoms with Crippen molar-refractivity contribution in [2.75, 3.05) is 11.5 Å². The Morgan fingerprint density at radius 1 is 1.36 bits per heavy atom. The second kappa shape index (κ2) is 4.32. The van der Waals surface area contributed by atoms with E-state index in [4.69, 9.17) is 0 Å². The molecule has 3 heteroatoms. The molecular formula is C11H15NOS. The van der Waals surface area contributed by atoms with E-state index in [9.17, 15) is 5.11 Å². The molecule has 0 saturated carbocycles. The van der Waals surface area contributed by atoms with Gasteiger partial charge in [0.25, 0.3) is 0 Å². The van der Waals surface area contributed by atoms with E-state index in [1.807, 2.05) is 30.0 Å². The van der Waals surface area contributed by atoms with Crippen LogP contribution in [0.5, 0.6) is 0 Å². The Morgan fingerprint density at radius 2 is 2.14 bits per heavy atom. The van der Waals surface area contributed by atoms with Crippen molar-refractivity contribution < 1.29 is 5.11 Å². The quantitative estimate of drug-likeness (QED) is 0.807. The van der Waals surface area contributed by atoms with Crippen LogP contribution in [0.4, 0.5) is 0 Å². The standard InChI is InChI=1S/C11H15NOS/c13-11(4-7-14-8-5-11)9-10-3-1-2-6-12-10/h1-3,6,13H,4-5,7-9H2. The van der Waals surface area contributed by atoms with Gasteiger partial charge in [-0.05, 0) is 36.5 Å². The first-order valence-corrected chi connectivity index (χ1v) is 6.14. The van der Waals surface area contributed by atoms with Crippen LogP contribution in [0.3, 0.4) is 0 Å². The number of nitrogens with zero attached hydrogens (tertiary/aromatic N) is 1. The summed E-state index contributed by atoms with van der Waals surface area (Å²) in [6, 6.07) is 5.87. The second-order valence-corrected chi connectivity index (χ2v) is 5.06. The molecule has 1 aromatic rings. The summed E-state index contributed by atoms with van der Waals surface area (Å²) >= 11 is 1.93. The highest BCUT2D eigenvalue weighted by atomic mass is 32.2. The van der Waals surface area contributed by atoms with Gasteiger partial charge >= 0.3 is 0 Å². The number of pyridine rings is 1. The van der Waals surface area contributed by atoms with Gasteiger partial charge < -0.3 is 5.11 Å². The van der Waals surface area contributed by atoms with Crippen LogP contribution in [-0.2, 0) is 6.42 Å². The minimum absolute atomic E-state index is 0.500. The van der Waals surface area contributed by atoms with Gasteiger partial charge in [-0.25, -0.2) is 0 Å². The maximum atomic E-state index is 10.3. The average molecular weight is 209 g/mol. The Labute approximate surface area is 88.8 Å². The highest BCUT2D eigenvalue weighted by Crippen LogP contribution is 2.29. The molecule has 0 radical (unpaired) electrons. The number of thioether (sulfide) groups is 1. The van der Waals surface area contributed by atoms with E-state index in [0.717, 1.165) is 30.0 Å². The first kappa shape index (κ1) is 9.99. The Balaban J connectivity index is 2.02. The summed E-state index contributed by atoms with van der Waals surface area (Å²) < 4.78 is 0. The van der Waals surface area contributed by atoms with Crippen molar-refractivity contribution in [3.05, 3.63) is 30.1 Å². The molecule has 2 heterocycles. The molecule has 1 aliphatic rings. The lowest BCUT2D eigenvalue weighted by atomic mass is 9.91. The van der Waals surface area contributed by atoms with Gasteiger partial charge in [-0.2, -0.15) is 11.8 Å². The lowest BCUT2D eigenvalue weighted by Gasteiger charge is -2.31. The summed E-state index contributed by atoms with van der Waals surface area (Å²) in [6.07, 6.45) is 4.28. The summed E-state index contributed by atoms with van der Waals surface area (Å²) in [6.45, 7) is 0. The van der Waals surface area contributed by atoms with Crippen LogP contribution in [0.15, 0.2) is 24.4 Å². The van der Waals surface area contributed by atoms with Crippen molar-refractivity contribution in [2.24, 2.45) is 0 Å². The number of hydrogen-bond acceptors (Lipinski definition) is 3. The minimum atomic E-state index is -0.500. The van der Waals surface area contributed by atoms with Crippen molar-refractivity contribution in [1.29, 1.82) is 0 Å². The van der Waals surface area contributed by atoms with Crippen molar-refractivity contribution >= 4 is 11.8 Å². The molecule has 0 amide bonds. The first-order valence-electron chi connectivity index (χ1n) is 4.99. The fourth-order valence-corrected chi connectivity index (χ4v) is 3.02. The molecule has 2 rings (SSSR count). The smallest absolute Gasteiger partial charge is 0.0718 e.